The first-order valence-electron chi connectivity index (χ1n) is 8.55. The fraction of sp³-hybridized carbons (Fsp3) is 0.350. The zero-order valence-corrected chi connectivity index (χ0v) is 15.9. The van der Waals surface area contributed by atoms with Gasteiger partial charge < -0.3 is 5.32 Å². The second-order valence-corrected chi connectivity index (χ2v) is 7.49. The molecular formula is C20H23N3OS. The summed E-state index contributed by atoms with van der Waals surface area (Å²) in [7, 11) is 0. The van der Waals surface area contributed by atoms with Crippen molar-refractivity contribution in [2.75, 3.05) is 0 Å². The molecule has 0 aliphatic rings. The Morgan fingerprint density at radius 3 is 2.60 bits per heavy atom. The van der Waals surface area contributed by atoms with Crippen molar-refractivity contribution in [3.63, 3.8) is 0 Å². The topological polar surface area (TPSA) is 54.9 Å². The Labute approximate surface area is 152 Å². The molecule has 25 heavy (non-hydrogen) atoms. The molecule has 0 spiro atoms. The number of carbonyl (C=O) groups is 1. The van der Waals surface area contributed by atoms with Gasteiger partial charge in [0.05, 0.1) is 4.88 Å². The highest BCUT2D eigenvalue weighted by Gasteiger charge is 2.19. The highest BCUT2D eigenvalue weighted by Crippen LogP contribution is 2.31. The maximum Gasteiger partial charge on any atom is 0.261 e. The van der Waals surface area contributed by atoms with Gasteiger partial charge in [0.1, 0.15) is 10.7 Å². The summed E-state index contributed by atoms with van der Waals surface area (Å²) >= 11 is 1.45. The molecule has 0 saturated carbocycles. The van der Waals surface area contributed by atoms with Crippen LogP contribution in [0, 0.1) is 20.8 Å². The van der Waals surface area contributed by atoms with Crippen molar-refractivity contribution in [2.45, 2.75) is 46.6 Å². The summed E-state index contributed by atoms with van der Waals surface area (Å²) in [6, 6.07) is 10.5. The largest absolute Gasteiger partial charge is 0.349 e. The van der Waals surface area contributed by atoms with Crippen LogP contribution in [0.15, 0.2) is 30.3 Å². The molecule has 0 aliphatic heterocycles. The molecule has 3 aromatic rings. The normalized spacial score (nSPS) is 12.3. The van der Waals surface area contributed by atoms with Gasteiger partial charge in [0.15, 0.2) is 0 Å². The molecule has 0 radical (unpaired) electrons. The Hall–Kier alpha value is -2.27. The Morgan fingerprint density at radius 2 is 1.88 bits per heavy atom. The SMILES string of the molecule is Cc1nc(C)c2c(C)c(C(=O)NC(C)CCc3ccccc3)sc2n1. The molecule has 1 aromatic carbocycles. The molecule has 0 saturated heterocycles. The number of aromatic nitrogens is 2. The zero-order valence-electron chi connectivity index (χ0n) is 15.1. The second kappa shape index (κ2) is 7.31. The van der Waals surface area contributed by atoms with Crippen molar-refractivity contribution >= 4 is 27.5 Å². The quantitative estimate of drug-likeness (QED) is 0.741. The minimum absolute atomic E-state index is 0.0156. The average molecular weight is 353 g/mol. The number of fused-ring (bicyclic) bond motifs is 1. The molecule has 5 heteroatoms. The van der Waals surface area contributed by atoms with Crippen LogP contribution in [-0.2, 0) is 6.42 Å². The highest BCUT2D eigenvalue weighted by atomic mass is 32.1. The van der Waals surface area contributed by atoms with Gasteiger partial charge in [-0.1, -0.05) is 30.3 Å². The lowest BCUT2D eigenvalue weighted by Gasteiger charge is -2.13. The number of hydrogen-bond acceptors (Lipinski definition) is 4. The van der Waals surface area contributed by atoms with Gasteiger partial charge in [-0.2, -0.15) is 0 Å². The molecule has 0 fully saturated rings. The number of benzene rings is 1. The predicted molar refractivity (Wildman–Crippen MR) is 103 cm³/mol. The third-order valence-electron chi connectivity index (χ3n) is 4.38. The standard InChI is InChI=1S/C20H23N3OS/c1-12(10-11-16-8-6-5-7-9-16)21-19(24)18-13(2)17-14(3)22-15(4)23-20(17)25-18/h5-9,12H,10-11H2,1-4H3,(H,21,24). The summed E-state index contributed by atoms with van der Waals surface area (Å²) < 4.78 is 0. The molecule has 1 amide bonds. The Bertz CT molecular complexity index is 902. The van der Waals surface area contributed by atoms with E-state index in [9.17, 15) is 4.79 Å². The van der Waals surface area contributed by atoms with Crippen molar-refractivity contribution in [1.82, 2.24) is 15.3 Å². The van der Waals surface area contributed by atoms with Crippen LogP contribution in [0.1, 0.15) is 45.7 Å². The maximum atomic E-state index is 12.7. The zero-order chi connectivity index (χ0) is 18.0. The first kappa shape index (κ1) is 17.5. The number of rotatable bonds is 5. The van der Waals surface area contributed by atoms with Gasteiger partial charge in [-0.3, -0.25) is 4.79 Å². The van der Waals surface area contributed by atoms with Crippen LogP contribution in [0.3, 0.4) is 0 Å². The molecule has 3 rings (SSSR count). The average Bonchev–Trinajstić information content (AvgIpc) is 2.90. The summed E-state index contributed by atoms with van der Waals surface area (Å²) in [4.78, 5) is 23.2. The van der Waals surface area contributed by atoms with E-state index in [0.717, 1.165) is 45.0 Å². The van der Waals surface area contributed by atoms with E-state index in [-0.39, 0.29) is 11.9 Å². The molecule has 1 unspecified atom stereocenters. The third kappa shape index (κ3) is 3.87. The van der Waals surface area contributed by atoms with E-state index in [4.69, 9.17) is 0 Å². The number of thiophene rings is 1. The van der Waals surface area contributed by atoms with Gasteiger partial charge in [0.25, 0.3) is 5.91 Å². The van der Waals surface area contributed by atoms with E-state index >= 15 is 0 Å². The van der Waals surface area contributed by atoms with E-state index < -0.39 is 0 Å². The van der Waals surface area contributed by atoms with Gasteiger partial charge in [0.2, 0.25) is 0 Å². The van der Waals surface area contributed by atoms with Gasteiger partial charge in [-0.05, 0) is 51.7 Å². The monoisotopic (exact) mass is 353 g/mol. The highest BCUT2D eigenvalue weighted by molar-refractivity contribution is 7.20. The molecule has 0 aliphatic carbocycles. The fourth-order valence-electron chi connectivity index (χ4n) is 3.08. The molecule has 130 valence electrons. The summed E-state index contributed by atoms with van der Waals surface area (Å²) in [6.45, 7) is 7.89. The first-order chi connectivity index (χ1) is 12.0. The van der Waals surface area contributed by atoms with Gasteiger partial charge in [-0.25, -0.2) is 9.97 Å². The van der Waals surface area contributed by atoms with Crippen molar-refractivity contribution in [2.24, 2.45) is 0 Å². The van der Waals surface area contributed by atoms with E-state index in [0.29, 0.717) is 0 Å². The maximum absolute atomic E-state index is 12.7. The molecule has 1 atom stereocenters. The minimum Gasteiger partial charge on any atom is -0.349 e. The molecule has 2 aromatic heterocycles. The minimum atomic E-state index is -0.0156. The Morgan fingerprint density at radius 1 is 1.16 bits per heavy atom. The summed E-state index contributed by atoms with van der Waals surface area (Å²) in [5.41, 5.74) is 3.21. The smallest absolute Gasteiger partial charge is 0.261 e. The van der Waals surface area contributed by atoms with Crippen molar-refractivity contribution in [3.05, 3.63) is 57.9 Å². The second-order valence-electron chi connectivity index (χ2n) is 6.49. The fourth-order valence-corrected chi connectivity index (χ4v) is 4.26. The van der Waals surface area contributed by atoms with Gasteiger partial charge in [-0.15, -0.1) is 11.3 Å². The van der Waals surface area contributed by atoms with Crippen LogP contribution in [0.25, 0.3) is 10.2 Å². The van der Waals surface area contributed by atoms with Gasteiger partial charge in [0, 0.05) is 17.1 Å². The number of aryl methyl sites for hydroxylation is 4. The number of hydrogen-bond donors (Lipinski definition) is 1. The number of nitrogens with one attached hydrogen (secondary N) is 1. The summed E-state index contributed by atoms with van der Waals surface area (Å²) in [6.07, 6.45) is 1.87. The first-order valence-corrected chi connectivity index (χ1v) is 9.36. The van der Waals surface area contributed by atoms with Crippen molar-refractivity contribution < 1.29 is 4.79 Å². The lowest BCUT2D eigenvalue weighted by Crippen LogP contribution is -2.32. The van der Waals surface area contributed by atoms with E-state index in [1.54, 1.807) is 0 Å². The van der Waals surface area contributed by atoms with Crippen molar-refractivity contribution in [1.29, 1.82) is 0 Å². The van der Waals surface area contributed by atoms with Crippen molar-refractivity contribution in [3.8, 4) is 0 Å². The molecule has 0 bridgehead atoms. The molecule has 4 nitrogen and oxygen atoms in total. The summed E-state index contributed by atoms with van der Waals surface area (Å²) in [5.74, 6) is 0.729. The molecule has 2 heterocycles. The van der Waals surface area contributed by atoms with Crippen LogP contribution in [0.4, 0.5) is 0 Å². The van der Waals surface area contributed by atoms with Crippen LogP contribution in [0.5, 0.6) is 0 Å². The van der Waals surface area contributed by atoms with Crippen LogP contribution < -0.4 is 5.32 Å². The van der Waals surface area contributed by atoms with Crippen LogP contribution in [0.2, 0.25) is 0 Å². The molecular weight excluding hydrogens is 330 g/mol. The summed E-state index contributed by atoms with van der Waals surface area (Å²) in [5, 5.41) is 4.14. The Kier molecular flexibility index (Phi) is 5.13. The van der Waals surface area contributed by atoms with Crippen LogP contribution >= 0.6 is 11.3 Å². The Balaban J connectivity index is 1.71. The van der Waals surface area contributed by atoms with E-state index in [1.807, 2.05) is 39.0 Å². The lowest BCUT2D eigenvalue weighted by molar-refractivity contribution is 0.0942. The number of carbonyl (C=O) groups excluding carboxylic acids is 1. The number of amides is 1. The van der Waals surface area contributed by atoms with E-state index in [1.165, 1.54) is 16.9 Å². The van der Waals surface area contributed by atoms with Gasteiger partial charge >= 0.3 is 0 Å². The van der Waals surface area contributed by atoms with E-state index in [2.05, 4.69) is 34.3 Å². The molecule has 1 N–H and O–H groups in total. The lowest BCUT2D eigenvalue weighted by atomic mass is 10.1. The van der Waals surface area contributed by atoms with Crippen LogP contribution in [-0.4, -0.2) is 21.9 Å². The predicted octanol–water partition coefficient (Wildman–Crippen LogP) is 4.37. The third-order valence-corrected chi connectivity index (χ3v) is 5.56. The number of nitrogens with zero attached hydrogens (tertiary/aromatic N) is 2.